The van der Waals surface area contributed by atoms with Gasteiger partial charge in [0.15, 0.2) is 5.78 Å². The van der Waals surface area contributed by atoms with Gasteiger partial charge in [-0.3, -0.25) is 9.52 Å². The first-order chi connectivity index (χ1) is 15.7. The minimum atomic E-state index is -3.85. The number of nitrogens with zero attached hydrogens (tertiary/aromatic N) is 1. The van der Waals surface area contributed by atoms with Crippen LogP contribution in [0.5, 0.6) is 0 Å². The molecule has 9 heteroatoms. The Morgan fingerprint density at radius 1 is 1.09 bits per heavy atom. The van der Waals surface area contributed by atoms with E-state index in [1.54, 1.807) is 24.4 Å². The average molecular weight is 467 g/mol. The second kappa shape index (κ2) is 9.03. The largest absolute Gasteiger partial charge is 0.380 e. The normalized spacial score (nSPS) is 11.5. The number of alkyl halides is 1. The fourth-order valence-corrected chi connectivity index (χ4v) is 4.55. The molecular formula is C24H23FN4O3S. The molecule has 7 nitrogen and oxygen atoms in total. The van der Waals surface area contributed by atoms with E-state index in [-0.39, 0.29) is 10.7 Å². The molecule has 170 valence electrons. The van der Waals surface area contributed by atoms with Crippen LogP contribution in [0.2, 0.25) is 0 Å². The van der Waals surface area contributed by atoms with Crippen LogP contribution in [0.15, 0.2) is 65.7 Å². The molecule has 0 aliphatic rings. The number of halogens is 1. The number of benzene rings is 2. The second-order valence-corrected chi connectivity index (χ2v) is 9.46. The van der Waals surface area contributed by atoms with E-state index in [4.69, 9.17) is 0 Å². The number of aromatic nitrogens is 2. The van der Waals surface area contributed by atoms with E-state index in [2.05, 4.69) is 20.0 Å². The molecule has 0 saturated heterocycles. The number of carbonyl (C=O) groups excluding carboxylic acids is 1. The molecule has 0 bridgehead atoms. The van der Waals surface area contributed by atoms with Crippen molar-refractivity contribution in [2.45, 2.75) is 32.0 Å². The summed E-state index contributed by atoms with van der Waals surface area (Å²) >= 11 is 0. The fraction of sp³-hybridized carbons (Fsp3) is 0.167. The smallest absolute Gasteiger partial charge is 0.261 e. The Morgan fingerprint density at radius 2 is 1.91 bits per heavy atom. The van der Waals surface area contributed by atoms with Crippen LogP contribution < -0.4 is 10.0 Å². The molecule has 0 aliphatic heterocycles. The molecule has 0 aliphatic carbocycles. The topological polar surface area (TPSA) is 104 Å². The van der Waals surface area contributed by atoms with Crippen LogP contribution in [0.1, 0.15) is 34.1 Å². The van der Waals surface area contributed by atoms with Crippen molar-refractivity contribution in [2.75, 3.05) is 10.0 Å². The number of anilines is 2. The lowest BCUT2D eigenvalue weighted by atomic mass is 10.1. The third-order valence-corrected chi connectivity index (χ3v) is 6.68. The number of Topliss-reactive ketones (excluding diaryl/α,β-unsaturated/α-hetero) is 1. The van der Waals surface area contributed by atoms with Gasteiger partial charge in [0.2, 0.25) is 0 Å². The zero-order valence-corrected chi connectivity index (χ0v) is 19.0. The predicted molar refractivity (Wildman–Crippen MR) is 127 cm³/mol. The number of hydrogen-bond donors (Lipinski definition) is 3. The standard InChI is InChI=1S/C24H23FN4O3S/c1-15-6-7-20(29-33(31,32)22-5-3-4-17(8-22)12-25)10-19(15)13-26-21-9-18-11-23(16(2)30)28-24(18)27-14-21/h3-11,14,26,29H,12-13H2,1-2H3,(H,27,28). The van der Waals surface area contributed by atoms with Crippen LogP contribution in [0.4, 0.5) is 15.8 Å². The molecule has 2 aromatic heterocycles. The molecule has 0 spiro atoms. The average Bonchev–Trinajstić information content (AvgIpc) is 3.23. The number of aryl methyl sites for hydroxylation is 1. The monoisotopic (exact) mass is 466 g/mol. The first-order valence-corrected chi connectivity index (χ1v) is 11.7. The second-order valence-electron chi connectivity index (χ2n) is 7.78. The third kappa shape index (κ3) is 5.04. The third-order valence-electron chi connectivity index (χ3n) is 5.30. The number of carbonyl (C=O) groups is 1. The molecule has 0 atom stereocenters. The number of sulfonamides is 1. The number of pyridine rings is 1. The summed E-state index contributed by atoms with van der Waals surface area (Å²) in [4.78, 5) is 18.9. The Balaban J connectivity index is 1.51. The van der Waals surface area contributed by atoms with Gasteiger partial charge in [-0.25, -0.2) is 17.8 Å². The zero-order valence-electron chi connectivity index (χ0n) is 18.1. The number of ketones is 1. The first-order valence-electron chi connectivity index (χ1n) is 10.3. The number of rotatable bonds is 8. The summed E-state index contributed by atoms with van der Waals surface area (Å²) in [5.41, 5.74) is 4.50. The van der Waals surface area contributed by atoms with Gasteiger partial charge in [0, 0.05) is 24.5 Å². The molecule has 0 unspecified atom stereocenters. The minimum Gasteiger partial charge on any atom is -0.380 e. The number of nitrogens with one attached hydrogen (secondary N) is 3. The summed E-state index contributed by atoms with van der Waals surface area (Å²) in [5.74, 6) is -0.0613. The molecule has 3 N–H and O–H groups in total. The molecule has 0 saturated carbocycles. The Bertz CT molecular complexity index is 1450. The molecule has 33 heavy (non-hydrogen) atoms. The van der Waals surface area contributed by atoms with Crippen LogP contribution in [0, 0.1) is 6.92 Å². The molecule has 4 aromatic rings. The van der Waals surface area contributed by atoms with Gasteiger partial charge in [0.25, 0.3) is 10.0 Å². The summed E-state index contributed by atoms with van der Waals surface area (Å²) in [7, 11) is -3.85. The number of fused-ring (bicyclic) bond motifs is 1. The zero-order chi connectivity index (χ0) is 23.6. The van der Waals surface area contributed by atoms with Gasteiger partial charge < -0.3 is 10.3 Å². The maximum Gasteiger partial charge on any atom is 0.261 e. The SMILES string of the molecule is CC(=O)c1cc2cc(NCc3cc(NS(=O)(=O)c4cccc(CF)c4)ccc3C)cnc2[nH]1. The van der Waals surface area contributed by atoms with E-state index < -0.39 is 16.7 Å². The first kappa shape index (κ1) is 22.5. The highest BCUT2D eigenvalue weighted by Gasteiger charge is 2.15. The lowest BCUT2D eigenvalue weighted by Gasteiger charge is -2.13. The van der Waals surface area contributed by atoms with Crippen LogP contribution in [-0.4, -0.2) is 24.2 Å². The van der Waals surface area contributed by atoms with Gasteiger partial charge in [-0.1, -0.05) is 18.2 Å². The summed E-state index contributed by atoms with van der Waals surface area (Å²) < 4.78 is 41.0. The highest BCUT2D eigenvalue weighted by atomic mass is 32.2. The van der Waals surface area contributed by atoms with Crippen molar-refractivity contribution in [2.24, 2.45) is 0 Å². The van der Waals surface area contributed by atoms with Gasteiger partial charge in [0.05, 0.1) is 22.5 Å². The maximum atomic E-state index is 12.9. The van der Waals surface area contributed by atoms with Crippen LogP contribution in [0.25, 0.3) is 11.0 Å². The Morgan fingerprint density at radius 3 is 2.67 bits per heavy atom. The highest BCUT2D eigenvalue weighted by molar-refractivity contribution is 7.92. The minimum absolute atomic E-state index is 0.00806. The number of aromatic amines is 1. The van der Waals surface area contributed by atoms with Crippen LogP contribution in [0.3, 0.4) is 0 Å². The number of hydrogen-bond acceptors (Lipinski definition) is 5. The molecule has 4 rings (SSSR count). The van der Waals surface area contributed by atoms with Crippen LogP contribution >= 0.6 is 0 Å². The van der Waals surface area contributed by atoms with Crippen molar-refractivity contribution in [3.8, 4) is 0 Å². The molecule has 0 fully saturated rings. The maximum absolute atomic E-state index is 12.9. The summed E-state index contributed by atoms with van der Waals surface area (Å²) in [6.07, 6.45) is 1.67. The van der Waals surface area contributed by atoms with E-state index in [1.807, 2.05) is 19.1 Å². The summed E-state index contributed by atoms with van der Waals surface area (Å²) in [6, 6.07) is 14.7. The predicted octanol–water partition coefficient (Wildman–Crippen LogP) is 4.96. The Labute approximate surface area is 191 Å². The van der Waals surface area contributed by atoms with E-state index in [1.165, 1.54) is 31.2 Å². The van der Waals surface area contributed by atoms with Crippen molar-refractivity contribution in [1.82, 2.24) is 9.97 Å². The lowest BCUT2D eigenvalue weighted by Crippen LogP contribution is -2.13. The molecule has 2 aromatic carbocycles. The van der Waals surface area contributed by atoms with E-state index in [0.717, 1.165) is 22.2 Å². The van der Waals surface area contributed by atoms with Crippen molar-refractivity contribution in [1.29, 1.82) is 0 Å². The van der Waals surface area contributed by atoms with Gasteiger partial charge in [-0.15, -0.1) is 0 Å². The van der Waals surface area contributed by atoms with Crippen LogP contribution in [-0.2, 0) is 23.2 Å². The van der Waals surface area contributed by atoms with Crippen molar-refractivity contribution >= 4 is 38.2 Å². The van der Waals surface area contributed by atoms with Gasteiger partial charge in [0.1, 0.15) is 12.3 Å². The van der Waals surface area contributed by atoms with Gasteiger partial charge >= 0.3 is 0 Å². The molecule has 0 radical (unpaired) electrons. The van der Waals surface area contributed by atoms with E-state index in [0.29, 0.717) is 29.1 Å². The fourth-order valence-electron chi connectivity index (χ4n) is 3.43. The van der Waals surface area contributed by atoms with Crippen molar-refractivity contribution in [3.63, 3.8) is 0 Å². The van der Waals surface area contributed by atoms with Crippen molar-refractivity contribution < 1.29 is 17.6 Å². The van der Waals surface area contributed by atoms with E-state index in [9.17, 15) is 17.6 Å². The van der Waals surface area contributed by atoms with Crippen molar-refractivity contribution in [3.05, 3.63) is 83.2 Å². The Kier molecular flexibility index (Phi) is 6.15. The quantitative estimate of drug-likeness (QED) is 0.319. The van der Waals surface area contributed by atoms with Gasteiger partial charge in [-0.2, -0.15) is 0 Å². The molecule has 2 heterocycles. The highest BCUT2D eigenvalue weighted by Crippen LogP contribution is 2.23. The lowest BCUT2D eigenvalue weighted by molar-refractivity contribution is 0.101. The van der Waals surface area contributed by atoms with E-state index >= 15 is 0 Å². The Hall–Kier alpha value is -3.72. The molecular weight excluding hydrogens is 443 g/mol. The molecule has 0 amide bonds. The van der Waals surface area contributed by atoms with Gasteiger partial charge in [-0.05, 0) is 60.0 Å². The number of H-pyrrole nitrogens is 1. The summed E-state index contributed by atoms with van der Waals surface area (Å²) in [6.45, 7) is 3.14. The summed E-state index contributed by atoms with van der Waals surface area (Å²) in [5, 5.41) is 4.11.